The van der Waals surface area contributed by atoms with Crippen LogP contribution >= 0.6 is 11.6 Å². The van der Waals surface area contributed by atoms with Crippen molar-refractivity contribution in [3.05, 3.63) is 57.5 Å². The van der Waals surface area contributed by atoms with Crippen LogP contribution in [0.1, 0.15) is 5.56 Å². The molecule has 0 radical (unpaired) electrons. The molecule has 0 amide bonds. The number of nitrogens with zero attached hydrogens (tertiary/aromatic N) is 3. The number of nitrogens with one attached hydrogen (secondary N) is 1. The topological polar surface area (TPSA) is 81.0 Å². The third-order valence-corrected chi connectivity index (χ3v) is 2.67. The fraction of sp³-hybridized carbons (Fsp3) is 0.167. The molecule has 2 rings (SSSR count). The highest BCUT2D eigenvalue weighted by Crippen LogP contribution is 2.21. The van der Waals surface area contributed by atoms with E-state index < -0.39 is 4.92 Å². The number of nitro groups is 1. The molecular weight excluding hydrogens is 268 g/mol. The van der Waals surface area contributed by atoms with E-state index in [9.17, 15) is 10.1 Å². The number of hydrogen-bond acceptors (Lipinski definition) is 5. The third kappa shape index (κ3) is 3.62. The molecule has 0 atom stereocenters. The van der Waals surface area contributed by atoms with Gasteiger partial charge in [-0.2, -0.15) is 4.98 Å². The lowest BCUT2D eigenvalue weighted by Crippen LogP contribution is -2.09. The zero-order valence-electron chi connectivity index (χ0n) is 9.91. The molecule has 0 saturated carbocycles. The van der Waals surface area contributed by atoms with Crippen molar-refractivity contribution in [3.63, 3.8) is 0 Å². The summed E-state index contributed by atoms with van der Waals surface area (Å²) in [6, 6.07) is 9.80. The highest BCUT2D eigenvalue weighted by atomic mass is 35.5. The van der Waals surface area contributed by atoms with Crippen molar-refractivity contribution in [2.75, 3.05) is 11.9 Å². The molecule has 0 spiro atoms. The normalized spacial score (nSPS) is 10.2. The van der Waals surface area contributed by atoms with Crippen molar-refractivity contribution in [1.82, 2.24) is 9.97 Å². The molecule has 2 aromatic rings. The summed E-state index contributed by atoms with van der Waals surface area (Å²) in [5.74, 6) is 0.140. The van der Waals surface area contributed by atoms with Crippen molar-refractivity contribution >= 4 is 23.1 Å². The second-order valence-electron chi connectivity index (χ2n) is 3.79. The first-order chi connectivity index (χ1) is 9.16. The van der Waals surface area contributed by atoms with Gasteiger partial charge in [-0.25, -0.2) is 4.98 Å². The molecule has 1 aromatic heterocycles. The van der Waals surface area contributed by atoms with Crippen molar-refractivity contribution in [2.24, 2.45) is 0 Å². The maximum absolute atomic E-state index is 10.8. The van der Waals surface area contributed by atoms with E-state index in [0.29, 0.717) is 6.54 Å². The van der Waals surface area contributed by atoms with E-state index in [2.05, 4.69) is 15.3 Å². The van der Waals surface area contributed by atoms with Gasteiger partial charge in [0, 0.05) is 6.54 Å². The summed E-state index contributed by atoms with van der Waals surface area (Å²) in [4.78, 5) is 17.7. The first-order valence-corrected chi connectivity index (χ1v) is 5.99. The number of halogens is 1. The number of rotatable bonds is 5. The van der Waals surface area contributed by atoms with Crippen LogP contribution in [0, 0.1) is 10.1 Å². The minimum absolute atomic E-state index is 0.0205. The Morgan fingerprint density at radius 1 is 1.32 bits per heavy atom. The van der Waals surface area contributed by atoms with Gasteiger partial charge in [0.15, 0.2) is 0 Å². The molecule has 0 unspecified atom stereocenters. The molecular formula is C12H11ClN4O2. The molecule has 0 bridgehead atoms. The summed E-state index contributed by atoms with van der Waals surface area (Å²) in [7, 11) is 0. The Hall–Kier alpha value is -2.21. The average molecular weight is 279 g/mol. The van der Waals surface area contributed by atoms with Gasteiger partial charge in [-0.05, 0) is 23.6 Å². The fourth-order valence-electron chi connectivity index (χ4n) is 1.59. The molecule has 0 fully saturated rings. The van der Waals surface area contributed by atoms with Gasteiger partial charge < -0.3 is 5.32 Å². The zero-order chi connectivity index (χ0) is 13.7. The van der Waals surface area contributed by atoms with E-state index in [1.54, 1.807) is 0 Å². The average Bonchev–Trinajstić information content (AvgIpc) is 2.39. The zero-order valence-corrected chi connectivity index (χ0v) is 10.7. The molecule has 0 aliphatic rings. The number of benzene rings is 1. The summed E-state index contributed by atoms with van der Waals surface area (Å²) in [5.41, 5.74) is 0.954. The molecule has 1 heterocycles. The lowest BCUT2D eigenvalue weighted by Gasteiger charge is -2.06. The second-order valence-corrected chi connectivity index (χ2v) is 4.13. The summed E-state index contributed by atoms with van der Waals surface area (Å²) in [5, 5.41) is 13.7. The fourth-order valence-corrected chi connectivity index (χ4v) is 1.72. The highest BCUT2D eigenvalue weighted by Gasteiger charge is 2.16. The third-order valence-electron chi connectivity index (χ3n) is 2.49. The molecule has 0 saturated heterocycles. The van der Waals surface area contributed by atoms with Gasteiger partial charge in [0.1, 0.15) is 6.20 Å². The smallest absolute Gasteiger partial charge is 0.329 e. The Bertz CT molecular complexity index is 577. The van der Waals surface area contributed by atoms with Crippen molar-refractivity contribution < 1.29 is 4.92 Å². The minimum Gasteiger partial charge on any atom is -0.364 e. The lowest BCUT2D eigenvalue weighted by atomic mass is 10.1. The Morgan fingerprint density at radius 3 is 2.74 bits per heavy atom. The summed E-state index contributed by atoms with van der Waals surface area (Å²) in [6.45, 7) is 0.526. The van der Waals surface area contributed by atoms with Gasteiger partial charge in [-0.15, -0.1) is 0 Å². The van der Waals surface area contributed by atoms with Crippen LogP contribution in [0.2, 0.25) is 5.28 Å². The van der Waals surface area contributed by atoms with Gasteiger partial charge in [0.25, 0.3) is 0 Å². The predicted octanol–water partition coefficient (Wildman–Crippen LogP) is 2.69. The number of anilines is 1. The summed E-state index contributed by atoms with van der Waals surface area (Å²) in [6.07, 6.45) is 1.83. The lowest BCUT2D eigenvalue weighted by molar-refractivity contribution is -0.384. The van der Waals surface area contributed by atoms with Gasteiger partial charge >= 0.3 is 5.69 Å². The van der Waals surface area contributed by atoms with E-state index in [1.165, 1.54) is 0 Å². The van der Waals surface area contributed by atoms with E-state index in [4.69, 9.17) is 11.6 Å². The van der Waals surface area contributed by atoms with Crippen LogP contribution in [-0.4, -0.2) is 21.4 Å². The molecule has 1 N–H and O–H groups in total. The van der Waals surface area contributed by atoms with Crippen molar-refractivity contribution in [3.8, 4) is 0 Å². The number of hydrogen-bond donors (Lipinski definition) is 1. The Labute approximate surface area is 114 Å². The van der Waals surface area contributed by atoms with Gasteiger partial charge in [-0.1, -0.05) is 30.3 Å². The van der Waals surface area contributed by atoms with Crippen LogP contribution < -0.4 is 5.32 Å². The summed E-state index contributed by atoms with van der Waals surface area (Å²) < 4.78 is 0. The minimum atomic E-state index is -0.540. The maximum atomic E-state index is 10.8. The van der Waals surface area contributed by atoms with E-state index >= 15 is 0 Å². The van der Waals surface area contributed by atoms with Crippen LogP contribution in [-0.2, 0) is 6.42 Å². The van der Waals surface area contributed by atoms with E-state index in [0.717, 1.165) is 18.2 Å². The molecule has 19 heavy (non-hydrogen) atoms. The van der Waals surface area contributed by atoms with Crippen LogP contribution in [0.4, 0.5) is 11.5 Å². The molecule has 1 aromatic carbocycles. The quantitative estimate of drug-likeness (QED) is 0.517. The van der Waals surface area contributed by atoms with Crippen LogP contribution in [0.5, 0.6) is 0 Å². The first kappa shape index (κ1) is 13.2. The van der Waals surface area contributed by atoms with Crippen LogP contribution in [0.3, 0.4) is 0 Å². The molecule has 7 heteroatoms. The molecule has 0 aliphatic carbocycles. The molecule has 0 aliphatic heterocycles. The SMILES string of the molecule is O=[N+]([O-])c1cnc(Cl)nc1NCCc1ccccc1. The second kappa shape index (κ2) is 6.10. The highest BCUT2D eigenvalue weighted by molar-refractivity contribution is 6.28. The maximum Gasteiger partial charge on any atom is 0.329 e. The monoisotopic (exact) mass is 278 g/mol. The standard InChI is InChI=1S/C12H11ClN4O2/c13-12-15-8-10(17(18)19)11(16-12)14-7-6-9-4-2-1-3-5-9/h1-5,8H,6-7H2,(H,14,15,16). The Kier molecular flexibility index (Phi) is 4.25. The molecule has 6 nitrogen and oxygen atoms in total. The van der Waals surface area contributed by atoms with Crippen LogP contribution in [0.25, 0.3) is 0 Å². The van der Waals surface area contributed by atoms with Gasteiger partial charge in [0.05, 0.1) is 4.92 Å². The van der Waals surface area contributed by atoms with Gasteiger partial charge in [-0.3, -0.25) is 10.1 Å². The molecule has 98 valence electrons. The Morgan fingerprint density at radius 2 is 2.05 bits per heavy atom. The van der Waals surface area contributed by atoms with Crippen molar-refractivity contribution in [1.29, 1.82) is 0 Å². The predicted molar refractivity (Wildman–Crippen MR) is 72.3 cm³/mol. The van der Waals surface area contributed by atoms with Gasteiger partial charge in [0.2, 0.25) is 11.1 Å². The van der Waals surface area contributed by atoms with Crippen molar-refractivity contribution in [2.45, 2.75) is 6.42 Å². The first-order valence-electron chi connectivity index (χ1n) is 5.61. The Balaban J connectivity index is 2.03. The van der Waals surface area contributed by atoms with Crippen LogP contribution in [0.15, 0.2) is 36.5 Å². The largest absolute Gasteiger partial charge is 0.364 e. The van der Waals surface area contributed by atoms with E-state index in [1.807, 2.05) is 30.3 Å². The summed E-state index contributed by atoms with van der Waals surface area (Å²) >= 11 is 5.63. The van der Waals surface area contributed by atoms with E-state index in [-0.39, 0.29) is 16.8 Å². The number of aromatic nitrogens is 2.